The maximum Gasteiger partial charge on any atom is 0.261 e. The minimum absolute atomic E-state index is 0.101. The van der Waals surface area contributed by atoms with Crippen molar-refractivity contribution >= 4 is 5.91 Å². The van der Waals surface area contributed by atoms with E-state index < -0.39 is 11.5 Å². The molecule has 2 rings (SSSR count). The monoisotopic (exact) mass is 232 g/mol. The molecule has 1 heterocycles. The van der Waals surface area contributed by atoms with E-state index in [1.165, 1.54) is 30.3 Å². The van der Waals surface area contributed by atoms with E-state index in [0.29, 0.717) is 11.3 Å². The number of halogens is 1. The van der Waals surface area contributed by atoms with Crippen molar-refractivity contribution in [1.82, 2.24) is 4.98 Å². The fraction of sp³-hybridized carbons (Fsp3) is 0. The SMILES string of the molecule is NC(=O)c1ccc(-c2ccc(F)cc2)[nH]c1=O. The van der Waals surface area contributed by atoms with Crippen LogP contribution in [0.5, 0.6) is 0 Å². The standard InChI is InChI=1S/C12H9FN2O2/c13-8-3-1-7(2-4-8)10-6-5-9(11(14)16)12(17)15-10/h1-6H,(H2,14,16)(H,15,17). The van der Waals surface area contributed by atoms with Crippen molar-refractivity contribution in [2.75, 3.05) is 0 Å². The first-order valence-corrected chi connectivity index (χ1v) is 4.87. The van der Waals surface area contributed by atoms with Crippen LogP contribution >= 0.6 is 0 Å². The lowest BCUT2D eigenvalue weighted by molar-refractivity contribution is 0.0999. The molecule has 0 spiro atoms. The molecule has 0 bridgehead atoms. The van der Waals surface area contributed by atoms with Crippen molar-refractivity contribution in [1.29, 1.82) is 0 Å². The molecular weight excluding hydrogens is 223 g/mol. The highest BCUT2D eigenvalue weighted by Gasteiger charge is 2.07. The molecule has 2 aromatic rings. The number of primary amides is 1. The van der Waals surface area contributed by atoms with Gasteiger partial charge in [0.25, 0.3) is 11.5 Å². The first kappa shape index (κ1) is 11.1. The molecule has 0 fully saturated rings. The van der Waals surface area contributed by atoms with E-state index in [9.17, 15) is 14.0 Å². The second kappa shape index (κ2) is 4.21. The van der Waals surface area contributed by atoms with Gasteiger partial charge in [-0.05, 0) is 42.0 Å². The Bertz CT molecular complexity index is 617. The van der Waals surface area contributed by atoms with Gasteiger partial charge in [0.1, 0.15) is 11.4 Å². The highest BCUT2D eigenvalue weighted by Crippen LogP contribution is 2.15. The normalized spacial score (nSPS) is 10.2. The van der Waals surface area contributed by atoms with Crippen molar-refractivity contribution < 1.29 is 9.18 Å². The fourth-order valence-electron chi connectivity index (χ4n) is 1.47. The minimum atomic E-state index is -0.781. The Balaban J connectivity index is 2.48. The lowest BCUT2D eigenvalue weighted by Crippen LogP contribution is -2.23. The quantitative estimate of drug-likeness (QED) is 0.818. The lowest BCUT2D eigenvalue weighted by Gasteiger charge is -2.02. The van der Waals surface area contributed by atoms with E-state index in [2.05, 4.69) is 4.98 Å². The summed E-state index contributed by atoms with van der Waals surface area (Å²) in [5.74, 6) is -1.14. The van der Waals surface area contributed by atoms with Gasteiger partial charge in [-0.3, -0.25) is 9.59 Å². The van der Waals surface area contributed by atoms with Gasteiger partial charge in [-0.2, -0.15) is 0 Å². The fourth-order valence-corrected chi connectivity index (χ4v) is 1.47. The van der Waals surface area contributed by atoms with Crippen molar-refractivity contribution in [2.24, 2.45) is 5.73 Å². The van der Waals surface area contributed by atoms with Crippen LogP contribution in [0.25, 0.3) is 11.3 Å². The molecule has 0 saturated carbocycles. The Morgan fingerprint density at radius 3 is 2.29 bits per heavy atom. The summed E-state index contributed by atoms with van der Waals surface area (Å²) in [6.45, 7) is 0. The summed E-state index contributed by atoms with van der Waals surface area (Å²) in [7, 11) is 0. The van der Waals surface area contributed by atoms with Crippen LogP contribution in [0.4, 0.5) is 4.39 Å². The van der Waals surface area contributed by atoms with Crippen LogP contribution in [0, 0.1) is 5.82 Å². The molecule has 0 saturated heterocycles. The number of H-pyrrole nitrogens is 1. The summed E-state index contributed by atoms with van der Waals surface area (Å²) in [6, 6.07) is 8.54. The highest BCUT2D eigenvalue weighted by molar-refractivity contribution is 5.92. The first-order chi connectivity index (χ1) is 8.08. The van der Waals surface area contributed by atoms with Crippen molar-refractivity contribution in [3.63, 3.8) is 0 Å². The predicted molar refractivity (Wildman–Crippen MR) is 61.0 cm³/mol. The molecule has 17 heavy (non-hydrogen) atoms. The zero-order chi connectivity index (χ0) is 12.4. The van der Waals surface area contributed by atoms with Gasteiger partial charge in [0.05, 0.1) is 0 Å². The molecular formula is C12H9FN2O2. The van der Waals surface area contributed by atoms with E-state index in [-0.39, 0.29) is 11.4 Å². The molecule has 1 amide bonds. The van der Waals surface area contributed by atoms with E-state index >= 15 is 0 Å². The third kappa shape index (κ3) is 2.23. The second-order valence-corrected chi connectivity index (χ2v) is 3.49. The average molecular weight is 232 g/mol. The summed E-state index contributed by atoms with van der Waals surface area (Å²) >= 11 is 0. The number of hydrogen-bond acceptors (Lipinski definition) is 2. The predicted octanol–water partition coefficient (Wildman–Crippen LogP) is 1.28. The van der Waals surface area contributed by atoms with Crippen LogP contribution < -0.4 is 11.3 Å². The molecule has 0 unspecified atom stereocenters. The Labute approximate surface area is 95.9 Å². The summed E-state index contributed by atoms with van der Waals surface area (Å²) < 4.78 is 12.7. The second-order valence-electron chi connectivity index (χ2n) is 3.49. The van der Waals surface area contributed by atoms with Gasteiger partial charge in [-0.25, -0.2) is 4.39 Å². The van der Waals surface area contributed by atoms with E-state index in [4.69, 9.17) is 5.73 Å². The zero-order valence-electron chi connectivity index (χ0n) is 8.74. The average Bonchev–Trinajstić information content (AvgIpc) is 2.29. The topological polar surface area (TPSA) is 76.0 Å². The molecule has 3 N–H and O–H groups in total. The van der Waals surface area contributed by atoms with Crippen molar-refractivity contribution in [3.8, 4) is 11.3 Å². The number of amides is 1. The van der Waals surface area contributed by atoms with E-state index in [0.717, 1.165) is 0 Å². The van der Waals surface area contributed by atoms with Crippen LogP contribution in [0.3, 0.4) is 0 Å². The zero-order valence-corrected chi connectivity index (χ0v) is 8.74. The maximum atomic E-state index is 12.7. The van der Waals surface area contributed by atoms with Gasteiger partial charge in [0.2, 0.25) is 0 Å². The van der Waals surface area contributed by atoms with E-state index in [1.807, 2.05) is 0 Å². The van der Waals surface area contributed by atoms with Gasteiger partial charge >= 0.3 is 0 Å². The van der Waals surface area contributed by atoms with Gasteiger partial charge in [0.15, 0.2) is 0 Å². The Hall–Kier alpha value is -2.43. The largest absolute Gasteiger partial charge is 0.365 e. The van der Waals surface area contributed by atoms with Crippen molar-refractivity contribution in [2.45, 2.75) is 0 Å². The van der Waals surface area contributed by atoms with Gasteiger partial charge in [-0.1, -0.05) is 0 Å². The van der Waals surface area contributed by atoms with Gasteiger partial charge in [0, 0.05) is 5.69 Å². The van der Waals surface area contributed by atoms with Crippen LogP contribution in [0.15, 0.2) is 41.2 Å². The number of carbonyl (C=O) groups excluding carboxylic acids is 1. The molecule has 0 radical (unpaired) electrons. The molecule has 0 aliphatic rings. The Kier molecular flexibility index (Phi) is 2.74. The van der Waals surface area contributed by atoms with Crippen molar-refractivity contribution in [3.05, 3.63) is 58.1 Å². The molecule has 5 heteroatoms. The summed E-state index contributed by atoms with van der Waals surface area (Å²) in [5, 5.41) is 0. The Morgan fingerprint density at radius 2 is 1.76 bits per heavy atom. The lowest BCUT2D eigenvalue weighted by atomic mass is 10.1. The molecule has 4 nitrogen and oxygen atoms in total. The smallest absolute Gasteiger partial charge is 0.261 e. The first-order valence-electron chi connectivity index (χ1n) is 4.87. The summed E-state index contributed by atoms with van der Waals surface area (Å²) in [6.07, 6.45) is 0. The number of rotatable bonds is 2. The third-order valence-corrected chi connectivity index (χ3v) is 2.33. The highest BCUT2D eigenvalue weighted by atomic mass is 19.1. The number of aromatic amines is 1. The number of benzene rings is 1. The van der Waals surface area contributed by atoms with Gasteiger partial charge < -0.3 is 10.7 Å². The molecule has 86 valence electrons. The number of hydrogen-bond donors (Lipinski definition) is 2. The minimum Gasteiger partial charge on any atom is -0.365 e. The number of pyridine rings is 1. The van der Waals surface area contributed by atoms with Crippen LogP contribution in [-0.2, 0) is 0 Å². The number of nitrogens with two attached hydrogens (primary N) is 1. The summed E-state index contributed by atoms with van der Waals surface area (Å²) in [4.78, 5) is 24.9. The molecule has 1 aromatic carbocycles. The van der Waals surface area contributed by atoms with E-state index in [1.54, 1.807) is 6.07 Å². The molecule has 0 aliphatic heterocycles. The van der Waals surface area contributed by atoms with Crippen LogP contribution in [0.2, 0.25) is 0 Å². The Morgan fingerprint density at radius 1 is 1.12 bits per heavy atom. The molecule has 0 atom stereocenters. The van der Waals surface area contributed by atoms with Crippen LogP contribution in [0.1, 0.15) is 10.4 Å². The summed E-state index contributed by atoms with van der Waals surface area (Å²) in [5.41, 5.74) is 5.51. The number of nitrogens with one attached hydrogen (secondary N) is 1. The van der Waals surface area contributed by atoms with Crippen LogP contribution in [-0.4, -0.2) is 10.9 Å². The van der Waals surface area contributed by atoms with Gasteiger partial charge in [-0.15, -0.1) is 0 Å². The third-order valence-electron chi connectivity index (χ3n) is 2.33. The molecule has 0 aliphatic carbocycles. The molecule has 1 aromatic heterocycles. The maximum absolute atomic E-state index is 12.7. The number of carbonyl (C=O) groups is 1. The number of aromatic nitrogens is 1.